The number of benzene rings is 2. The third kappa shape index (κ3) is 3.81. The molecule has 1 atom stereocenters. The average molecular weight is 326 g/mol. The van der Waals surface area contributed by atoms with E-state index in [2.05, 4.69) is 6.58 Å². The molecule has 124 valence electrons. The summed E-state index contributed by atoms with van der Waals surface area (Å²) in [6.45, 7) is 3.37. The van der Waals surface area contributed by atoms with Crippen molar-refractivity contribution in [3.63, 3.8) is 0 Å². The van der Waals surface area contributed by atoms with E-state index in [1.807, 2.05) is 6.07 Å². The fourth-order valence-corrected chi connectivity index (χ4v) is 2.21. The largest absolute Gasteiger partial charge is 0.493 e. The van der Waals surface area contributed by atoms with Crippen molar-refractivity contribution < 1.29 is 23.8 Å². The lowest BCUT2D eigenvalue weighted by atomic mass is 9.99. The van der Waals surface area contributed by atoms with Crippen LogP contribution in [0.3, 0.4) is 0 Å². The summed E-state index contributed by atoms with van der Waals surface area (Å²) in [7, 11) is 3.00. The predicted octanol–water partition coefficient (Wildman–Crippen LogP) is 3.36. The van der Waals surface area contributed by atoms with Gasteiger partial charge in [0.2, 0.25) is 5.78 Å². The van der Waals surface area contributed by atoms with Gasteiger partial charge in [-0.3, -0.25) is 4.79 Å². The summed E-state index contributed by atoms with van der Waals surface area (Å²) in [5.41, 5.74) is 0.922. The Morgan fingerprint density at radius 2 is 1.67 bits per heavy atom. The minimum absolute atomic E-state index is 0.346. The van der Waals surface area contributed by atoms with Crippen LogP contribution in [0.1, 0.15) is 22.0 Å². The first-order valence-corrected chi connectivity index (χ1v) is 7.25. The van der Waals surface area contributed by atoms with Gasteiger partial charge >= 0.3 is 5.97 Å². The van der Waals surface area contributed by atoms with Crippen molar-refractivity contribution in [1.82, 2.24) is 0 Å². The maximum absolute atomic E-state index is 12.9. The molecule has 24 heavy (non-hydrogen) atoms. The molecular formula is C19H18O5. The number of hydrogen-bond acceptors (Lipinski definition) is 5. The van der Waals surface area contributed by atoms with Crippen LogP contribution in [0.25, 0.3) is 0 Å². The molecule has 2 aromatic carbocycles. The van der Waals surface area contributed by atoms with Crippen molar-refractivity contribution in [2.75, 3.05) is 14.2 Å². The van der Waals surface area contributed by atoms with E-state index in [0.717, 1.165) is 6.08 Å². The Kier molecular flexibility index (Phi) is 5.73. The molecule has 0 N–H and O–H groups in total. The van der Waals surface area contributed by atoms with E-state index in [1.165, 1.54) is 14.2 Å². The van der Waals surface area contributed by atoms with Gasteiger partial charge in [0.05, 0.1) is 14.2 Å². The number of esters is 1. The maximum Gasteiger partial charge on any atom is 0.331 e. The summed E-state index contributed by atoms with van der Waals surface area (Å²) >= 11 is 0. The zero-order chi connectivity index (χ0) is 17.5. The molecule has 2 rings (SSSR count). The van der Waals surface area contributed by atoms with E-state index in [1.54, 1.807) is 42.5 Å². The highest BCUT2D eigenvalue weighted by Crippen LogP contribution is 2.30. The molecule has 1 unspecified atom stereocenters. The molecular weight excluding hydrogens is 308 g/mol. The summed E-state index contributed by atoms with van der Waals surface area (Å²) in [5, 5.41) is 0. The molecule has 0 spiro atoms. The summed E-state index contributed by atoms with van der Waals surface area (Å²) in [6.07, 6.45) is -0.0347. The van der Waals surface area contributed by atoms with Crippen molar-refractivity contribution in [1.29, 1.82) is 0 Å². The van der Waals surface area contributed by atoms with E-state index in [-0.39, 0.29) is 5.78 Å². The SMILES string of the molecule is C=CC(=O)OC(C(=O)c1ccc(OC)c(OC)c1)c1ccccc1. The van der Waals surface area contributed by atoms with Crippen LogP contribution < -0.4 is 9.47 Å². The van der Waals surface area contributed by atoms with E-state index in [9.17, 15) is 9.59 Å². The van der Waals surface area contributed by atoms with E-state index < -0.39 is 12.1 Å². The molecule has 5 heteroatoms. The van der Waals surface area contributed by atoms with Crippen LogP contribution in [0.5, 0.6) is 11.5 Å². The topological polar surface area (TPSA) is 61.8 Å². The predicted molar refractivity (Wildman–Crippen MR) is 89.3 cm³/mol. The highest BCUT2D eigenvalue weighted by molar-refractivity contribution is 6.02. The molecule has 0 heterocycles. The lowest BCUT2D eigenvalue weighted by Gasteiger charge is -2.17. The molecule has 0 aliphatic heterocycles. The molecule has 0 bridgehead atoms. The highest BCUT2D eigenvalue weighted by atomic mass is 16.5. The van der Waals surface area contributed by atoms with Gasteiger partial charge in [-0.2, -0.15) is 0 Å². The second-order valence-electron chi connectivity index (χ2n) is 4.87. The summed E-state index contributed by atoms with van der Waals surface area (Å²) in [4.78, 5) is 24.5. The van der Waals surface area contributed by atoms with Crippen molar-refractivity contribution >= 4 is 11.8 Å². The molecule has 0 fully saturated rings. The zero-order valence-corrected chi connectivity index (χ0v) is 13.5. The van der Waals surface area contributed by atoms with Gasteiger partial charge < -0.3 is 14.2 Å². The minimum atomic E-state index is -1.06. The van der Waals surface area contributed by atoms with Gasteiger partial charge in [-0.05, 0) is 18.2 Å². The number of ketones is 1. The van der Waals surface area contributed by atoms with Gasteiger partial charge in [-0.1, -0.05) is 36.9 Å². The van der Waals surface area contributed by atoms with Crippen LogP contribution in [-0.2, 0) is 9.53 Å². The summed E-state index contributed by atoms with van der Waals surface area (Å²) < 4.78 is 15.6. The maximum atomic E-state index is 12.9. The molecule has 2 aromatic rings. The average Bonchev–Trinajstić information content (AvgIpc) is 2.65. The van der Waals surface area contributed by atoms with E-state index in [0.29, 0.717) is 22.6 Å². The van der Waals surface area contributed by atoms with Crippen LogP contribution in [0.2, 0.25) is 0 Å². The number of methoxy groups -OCH3 is 2. The number of ether oxygens (including phenoxy) is 3. The van der Waals surface area contributed by atoms with Gasteiger partial charge in [0.15, 0.2) is 17.6 Å². The normalized spacial score (nSPS) is 11.2. The highest BCUT2D eigenvalue weighted by Gasteiger charge is 2.26. The second kappa shape index (κ2) is 7.97. The third-order valence-corrected chi connectivity index (χ3v) is 3.41. The van der Waals surface area contributed by atoms with Crippen LogP contribution in [0.4, 0.5) is 0 Å². The van der Waals surface area contributed by atoms with Gasteiger partial charge in [0, 0.05) is 17.2 Å². The lowest BCUT2D eigenvalue weighted by molar-refractivity contribution is -0.141. The van der Waals surface area contributed by atoms with Crippen LogP contribution >= 0.6 is 0 Å². The molecule has 0 aliphatic rings. The number of carbonyl (C=O) groups is 2. The van der Waals surface area contributed by atoms with Gasteiger partial charge in [-0.25, -0.2) is 4.79 Å². The second-order valence-corrected chi connectivity index (χ2v) is 4.87. The first kappa shape index (κ1) is 17.3. The van der Waals surface area contributed by atoms with E-state index in [4.69, 9.17) is 14.2 Å². The van der Waals surface area contributed by atoms with Crippen LogP contribution in [0, 0.1) is 0 Å². The first-order valence-electron chi connectivity index (χ1n) is 7.25. The standard InChI is InChI=1S/C19H18O5/c1-4-17(20)24-19(13-8-6-5-7-9-13)18(21)14-10-11-15(22-2)16(12-14)23-3/h4-12,19H,1H2,2-3H3. The fourth-order valence-electron chi connectivity index (χ4n) is 2.21. The third-order valence-electron chi connectivity index (χ3n) is 3.41. The molecule has 0 radical (unpaired) electrons. The van der Waals surface area contributed by atoms with Crippen molar-refractivity contribution in [3.8, 4) is 11.5 Å². The number of hydrogen-bond donors (Lipinski definition) is 0. The molecule has 0 saturated carbocycles. The minimum Gasteiger partial charge on any atom is -0.493 e. The van der Waals surface area contributed by atoms with E-state index >= 15 is 0 Å². The fraction of sp³-hybridized carbons (Fsp3) is 0.158. The monoisotopic (exact) mass is 326 g/mol. The Hall–Kier alpha value is -3.08. The summed E-state index contributed by atoms with van der Waals surface area (Å²) in [6, 6.07) is 13.6. The Bertz CT molecular complexity index is 737. The molecule has 0 aliphatic carbocycles. The lowest BCUT2D eigenvalue weighted by Crippen LogP contribution is -2.19. The number of rotatable bonds is 7. The van der Waals surface area contributed by atoms with Crippen LogP contribution in [0.15, 0.2) is 61.2 Å². The quantitative estimate of drug-likeness (QED) is 0.443. The molecule has 0 saturated heterocycles. The zero-order valence-electron chi connectivity index (χ0n) is 13.5. The number of Topliss-reactive ketones (excluding diaryl/α,β-unsaturated/α-hetero) is 1. The smallest absolute Gasteiger partial charge is 0.331 e. The first-order chi connectivity index (χ1) is 11.6. The summed E-state index contributed by atoms with van der Waals surface area (Å²) in [5.74, 6) is -0.103. The Balaban J connectivity index is 2.40. The van der Waals surface area contributed by atoms with Crippen LogP contribution in [-0.4, -0.2) is 26.0 Å². The number of carbonyl (C=O) groups excluding carboxylic acids is 2. The molecule has 5 nitrogen and oxygen atoms in total. The van der Waals surface area contributed by atoms with Crippen molar-refractivity contribution in [3.05, 3.63) is 72.3 Å². The van der Waals surface area contributed by atoms with Crippen molar-refractivity contribution in [2.24, 2.45) is 0 Å². The van der Waals surface area contributed by atoms with Gasteiger partial charge in [0.25, 0.3) is 0 Å². The Morgan fingerprint density at radius 1 is 1.00 bits per heavy atom. The Labute approximate surface area is 140 Å². The van der Waals surface area contributed by atoms with Gasteiger partial charge in [0.1, 0.15) is 0 Å². The molecule has 0 amide bonds. The Morgan fingerprint density at radius 3 is 2.25 bits per heavy atom. The molecule has 0 aromatic heterocycles. The van der Waals surface area contributed by atoms with Gasteiger partial charge in [-0.15, -0.1) is 0 Å². The van der Waals surface area contributed by atoms with Crippen molar-refractivity contribution in [2.45, 2.75) is 6.10 Å².